The normalized spacial score (nSPS) is 24.1. The van der Waals surface area contributed by atoms with Gasteiger partial charge >= 0.3 is 6.03 Å². The van der Waals surface area contributed by atoms with Gasteiger partial charge in [0.25, 0.3) is 0 Å². The SMILES string of the molecule is CC1CCN(C[C@@H]2CCCN(C(=O)N[C@H](C)c3ccncc3)C2)CC1. The number of amides is 2. The van der Waals surface area contributed by atoms with E-state index in [0.29, 0.717) is 5.92 Å². The summed E-state index contributed by atoms with van der Waals surface area (Å²) in [4.78, 5) is 21.3. The molecule has 3 heterocycles. The third-order valence-corrected chi connectivity index (χ3v) is 5.74. The first-order valence-corrected chi connectivity index (χ1v) is 9.79. The van der Waals surface area contributed by atoms with Crippen LogP contribution in [0.25, 0.3) is 0 Å². The third-order valence-electron chi connectivity index (χ3n) is 5.74. The molecule has 0 bridgehead atoms. The molecule has 0 aliphatic carbocycles. The van der Waals surface area contributed by atoms with Gasteiger partial charge in [0.2, 0.25) is 0 Å². The summed E-state index contributed by atoms with van der Waals surface area (Å²) in [5.41, 5.74) is 1.10. The Kier molecular flexibility index (Phi) is 6.29. The van der Waals surface area contributed by atoms with Gasteiger partial charge in [-0.3, -0.25) is 4.98 Å². The molecular formula is C20H32N4O. The fourth-order valence-electron chi connectivity index (χ4n) is 4.02. The number of carbonyl (C=O) groups excluding carboxylic acids is 1. The molecule has 1 N–H and O–H groups in total. The number of nitrogens with zero attached hydrogens (tertiary/aromatic N) is 3. The highest BCUT2D eigenvalue weighted by Gasteiger charge is 2.27. The lowest BCUT2D eigenvalue weighted by molar-refractivity contribution is 0.119. The Morgan fingerprint density at radius 3 is 2.68 bits per heavy atom. The van der Waals surface area contributed by atoms with E-state index in [0.717, 1.165) is 37.5 Å². The zero-order chi connectivity index (χ0) is 17.6. The number of hydrogen-bond acceptors (Lipinski definition) is 3. The summed E-state index contributed by atoms with van der Waals surface area (Å²) in [6, 6.07) is 4.00. The van der Waals surface area contributed by atoms with E-state index in [9.17, 15) is 4.79 Å². The number of aromatic nitrogens is 1. The molecule has 5 nitrogen and oxygen atoms in total. The van der Waals surface area contributed by atoms with Crippen molar-refractivity contribution in [2.45, 2.75) is 45.6 Å². The van der Waals surface area contributed by atoms with Crippen LogP contribution in [-0.4, -0.2) is 53.5 Å². The van der Waals surface area contributed by atoms with E-state index in [1.807, 2.05) is 24.0 Å². The van der Waals surface area contributed by atoms with Gasteiger partial charge in [0.05, 0.1) is 6.04 Å². The molecule has 2 amide bonds. The first-order chi connectivity index (χ1) is 12.1. The Morgan fingerprint density at radius 1 is 1.24 bits per heavy atom. The fourth-order valence-corrected chi connectivity index (χ4v) is 4.02. The van der Waals surface area contributed by atoms with E-state index in [-0.39, 0.29) is 12.1 Å². The highest BCUT2D eigenvalue weighted by atomic mass is 16.2. The number of likely N-dealkylation sites (tertiary alicyclic amines) is 2. The fraction of sp³-hybridized carbons (Fsp3) is 0.700. The Morgan fingerprint density at radius 2 is 1.96 bits per heavy atom. The van der Waals surface area contributed by atoms with Crippen molar-refractivity contribution in [2.75, 3.05) is 32.7 Å². The second-order valence-electron chi connectivity index (χ2n) is 7.89. The molecule has 25 heavy (non-hydrogen) atoms. The molecule has 2 aliphatic rings. The zero-order valence-corrected chi connectivity index (χ0v) is 15.7. The topological polar surface area (TPSA) is 48.5 Å². The van der Waals surface area contributed by atoms with Crippen LogP contribution in [-0.2, 0) is 0 Å². The number of rotatable bonds is 4. The number of hydrogen-bond donors (Lipinski definition) is 1. The van der Waals surface area contributed by atoms with Gasteiger partial charge in [-0.05, 0) is 75.2 Å². The maximum Gasteiger partial charge on any atom is 0.317 e. The van der Waals surface area contributed by atoms with E-state index >= 15 is 0 Å². The molecule has 2 fully saturated rings. The molecule has 0 radical (unpaired) electrons. The standard InChI is InChI=1S/C20H32N4O/c1-16-7-12-23(13-8-16)14-18-4-3-11-24(15-18)20(25)22-17(2)19-5-9-21-10-6-19/h5-6,9-10,16-18H,3-4,7-8,11-15H2,1-2H3,(H,22,25)/t17-,18+/m1/s1. The van der Waals surface area contributed by atoms with E-state index in [1.165, 1.54) is 32.4 Å². The predicted octanol–water partition coefficient (Wildman–Crippen LogP) is 3.30. The second-order valence-corrected chi connectivity index (χ2v) is 7.89. The number of pyridine rings is 1. The molecule has 2 saturated heterocycles. The van der Waals surface area contributed by atoms with Crippen molar-refractivity contribution in [3.63, 3.8) is 0 Å². The van der Waals surface area contributed by atoms with Crippen molar-refractivity contribution in [1.82, 2.24) is 20.1 Å². The van der Waals surface area contributed by atoms with Gasteiger partial charge in [0, 0.05) is 32.0 Å². The van der Waals surface area contributed by atoms with Crippen molar-refractivity contribution in [1.29, 1.82) is 0 Å². The van der Waals surface area contributed by atoms with Crippen molar-refractivity contribution >= 4 is 6.03 Å². The summed E-state index contributed by atoms with van der Waals surface area (Å²) in [5.74, 6) is 1.49. The summed E-state index contributed by atoms with van der Waals surface area (Å²) < 4.78 is 0. The van der Waals surface area contributed by atoms with E-state index in [4.69, 9.17) is 0 Å². The van der Waals surface area contributed by atoms with Crippen LogP contribution in [0.3, 0.4) is 0 Å². The van der Waals surface area contributed by atoms with Crippen LogP contribution in [0.15, 0.2) is 24.5 Å². The number of piperidine rings is 2. The molecular weight excluding hydrogens is 312 g/mol. The molecule has 3 rings (SSSR count). The van der Waals surface area contributed by atoms with E-state index in [2.05, 4.69) is 22.1 Å². The van der Waals surface area contributed by atoms with Crippen LogP contribution in [0.1, 0.15) is 51.1 Å². The molecule has 1 aromatic rings. The molecule has 1 aromatic heterocycles. The maximum atomic E-state index is 12.6. The van der Waals surface area contributed by atoms with Crippen molar-refractivity contribution < 1.29 is 4.79 Å². The molecule has 2 atom stereocenters. The quantitative estimate of drug-likeness (QED) is 0.912. The summed E-state index contributed by atoms with van der Waals surface area (Å²) in [6.07, 6.45) is 8.55. The number of carbonyl (C=O) groups is 1. The molecule has 5 heteroatoms. The van der Waals surface area contributed by atoms with Gasteiger partial charge < -0.3 is 15.1 Å². The minimum Gasteiger partial charge on any atom is -0.331 e. The smallest absolute Gasteiger partial charge is 0.317 e. The first-order valence-electron chi connectivity index (χ1n) is 9.79. The molecule has 0 saturated carbocycles. The highest BCUT2D eigenvalue weighted by Crippen LogP contribution is 2.22. The van der Waals surface area contributed by atoms with Gasteiger partial charge in [-0.25, -0.2) is 4.79 Å². The molecule has 0 aromatic carbocycles. The van der Waals surface area contributed by atoms with Crippen molar-refractivity contribution in [3.05, 3.63) is 30.1 Å². The van der Waals surface area contributed by atoms with Crippen LogP contribution in [0.2, 0.25) is 0 Å². The number of nitrogens with one attached hydrogen (secondary N) is 1. The molecule has 0 spiro atoms. The first kappa shape index (κ1) is 18.2. The Labute approximate surface area is 151 Å². The summed E-state index contributed by atoms with van der Waals surface area (Å²) in [5, 5.41) is 3.14. The van der Waals surface area contributed by atoms with Crippen molar-refractivity contribution in [3.8, 4) is 0 Å². The van der Waals surface area contributed by atoms with Crippen LogP contribution < -0.4 is 5.32 Å². The second kappa shape index (κ2) is 8.65. The predicted molar refractivity (Wildman–Crippen MR) is 100 cm³/mol. The van der Waals surface area contributed by atoms with Crippen molar-refractivity contribution in [2.24, 2.45) is 11.8 Å². The van der Waals surface area contributed by atoms with E-state index in [1.54, 1.807) is 12.4 Å². The average molecular weight is 345 g/mol. The van der Waals surface area contributed by atoms with Crippen LogP contribution in [0.5, 0.6) is 0 Å². The lowest BCUT2D eigenvalue weighted by atomic mass is 9.94. The molecule has 0 unspecified atom stereocenters. The maximum absolute atomic E-state index is 12.6. The molecule has 2 aliphatic heterocycles. The largest absolute Gasteiger partial charge is 0.331 e. The van der Waals surface area contributed by atoms with Crippen LogP contribution in [0.4, 0.5) is 4.79 Å². The lowest BCUT2D eigenvalue weighted by Gasteiger charge is -2.38. The summed E-state index contributed by atoms with van der Waals surface area (Å²) in [6.45, 7) is 9.75. The van der Waals surface area contributed by atoms with Gasteiger partial charge in [0.1, 0.15) is 0 Å². The monoisotopic (exact) mass is 344 g/mol. The average Bonchev–Trinajstić information content (AvgIpc) is 2.64. The van der Waals surface area contributed by atoms with E-state index < -0.39 is 0 Å². The van der Waals surface area contributed by atoms with Gasteiger partial charge in [-0.15, -0.1) is 0 Å². The van der Waals surface area contributed by atoms with Gasteiger partial charge in [-0.1, -0.05) is 6.92 Å². The zero-order valence-electron chi connectivity index (χ0n) is 15.7. The minimum absolute atomic E-state index is 0.0134. The third kappa shape index (κ3) is 5.18. The Hall–Kier alpha value is -1.62. The molecule has 138 valence electrons. The Bertz CT molecular complexity index is 542. The van der Waals surface area contributed by atoms with Crippen LogP contribution >= 0.6 is 0 Å². The lowest BCUT2D eigenvalue weighted by Crippen LogP contribution is -2.48. The van der Waals surface area contributed by atoms with Gasteiger partial charge in [-0.2, -0.15) is 0 Å². The minimum atomic E-state index is 0.0134. The highest BCUT2D eigenvalue weighted by molar-refractivity contribution is 5.74. The summed E-state index contributed by atoms with van der Waals surface area (Å²) in [7, 11) is 0. The summed E-state index contributed by atoms with van der Waals surface area (Å²) >= 11 is 0. The Balaban J connectivity index is 1.48. The van der Waals surface area contributed by atoms with Gasteiger partial charge in [0.15, 0.2) is 0 Å². The number of urea groups is 1. The van der Waals surface area contributed by atoms with Crippen LogP contribution in [0, 0.1) is 11.8 Å².